The largest absolute Gasteiger partial charge is 0.356 e. The van der Waals surface area contributed by atoms with E-state index in [-0.39, 0.29) is 30.2 Å². The van der Waals surface area contributed by atoms with Gasteiger partial charge in [0.05, 0.1) is 0 Å². The van der Waals surface area contributed by atoms with E-state index in [1.54, 1.807) is 36.1 Å². The van der Waals surface area contributed by atoms with Crippen LogP contribution in [-0.2, 0) is 11.2 Å². The molecule has 2 rings (SSSR count). The van der Waals surface area contributed by atoms with E-state index in [1.807, 2.05) is 27.7 Å². The summed E-state index contributed by atoms with van der Waals surface area (Å²) in [6.07, 6.45) is 2.04. The summed E-state index contributed by atoms with van der Waals surface area (Å²) in [5, 5.41) is 5.81. The van der Waals surface area contributed by atoms with Gasteiger partial charge in [-0.3, -0.25) is 14.4 Å². The fourth-order valence-corrected chi connectivity index (χ4v) is 4.47. The van der Waals surface area contributed by atoms with Crippen LogP contribution in [0.5, 0.6) is 0 Å². The zero-order chi connectivity index (χ0) is 29.8. The fraction of sp³-hybridized carbons (Fsp3) is 0.516. The van der Waals surface area contributed by atoms with Crippen LogP contribution in [0.3, 0.4) is 0 Å². The van der Waals surface area contributed by atoms with Crippen molar-refractivity contribution in [1.29, 1.82) is 0 Å². The summed E-state index contributed by atoms with van der Waals surface area (Å²) < 4.78 is 27.5. The van der Waals surface area contributed by atoms with E-state index in [9.17, 15) is 23.2 Å². The van der Waals surface area contributed by atoms with Gasteiger partial charge in [0.25, 0.3) is 11.8 Å². The molecule has 40 heavy (non-hydrogen) atoms. The lowest BCUT2D eigenvalue weighted by atomic mass is 9.91. The smallest absolute Gasteiger partial charge is 0.253 e. The van der Waals surface area contributed by atoms with Crippen LogP contribution in [0.1, 0.15) is 80.2 Å². The lowest BCUT2D eigenvalue weighted by molar-refractivity contribution is -0.125. The van der Waals surface area contributed by atoms with E-state index < -0.39 is 35.5 Å². The molecule has 0 fully saturated rings. The van der Waals surface area contributed by atoms with E-state index in [0.29, 0.717) is 36.7 Å². The third-order valence-electron chi connectivity index (χ3n) is 6.68. The van der Waals surface area contributed by atoms with Gasteiger partial charge in [-0.05, 0) is 67.5 Å². The number of nitrogens with two attached hydrogens (primary N) is 1. The first-order chi connectivity index (χ1) is 19.0. The molecular weight excluding hydrogens is 514 g/mol. The molecule has 0 bridgehead atoms. The van der Waals surface area contributed by atoms with Gasteiger partial charge in [-0.15, -0.1) is 0 Å². The van der Waals surface area contributed by atoms with E-state index in [0.717, 1.165) is 25.0 Å². The van der Waals surface area contributed by atoms with Gasteiger partial charge in [-0.1, -0.05) is 46.8 Å². The van der Waals surface area contributed by atoms with Crippen molar-refractivity contribution in [3.8, 4) is 0 Å². The number of amides is 3. The molecule has 0 aromatic heterocycles. The number of nitrogens with zero attached hydrogens (tertiary/aromatic N) is 1. The van der Waals surface area contributed by atoms with E-state index in [2.05, 4.69) is 10.6 Å². The van der Waals surface area contributed by atoms with Gasteiger partial charge in [-0.2, -0.15) is 0 Å². The van der Waals surface area contributed by atoms with Gasteiger partial charge in [0.15, 0.2) is 11.6 Å². The number of benzene rings is 2. The molecule has 9 heteroatoms. The predicted molar refractivity (Wildman–Crippen MR) is 154 cm³/mol. The molecule has 2 aromatic rings. The molecule has 7 nitrogen and oxygen atoms in total. The Kier molecular flexibility index (Phi) is 13.2. The number of carbonyl (C=O) groups excluding carboxylic acids is 3. The summed E-state index contributed by atoms with van der Waals surface area (Å²) in [7, 11) is 0. The van der Waals surface area contributed by atoms with Gasteiger partial charge >= 0.3 is 0 Å². The zero-order valence-electron chi connectivity index (χ0n) is 24.3. The van der Waals surface area contributed by atoms with E-state index in [4.69, 9.17) is 5.73 Å². The molecule has 2 aromatic carbocycles. The summed E-state index contributed by atoms with van der Waals surface area (Å²) in [5.74, 6) is -2.83. The minimum Gasteiger partial charge on any atom is -0.356 e. The minimum atomic E-state index is -0.993. The van der Waals surface area contributed by atoms with Crippen molar-refractivity contribution in [3.63, 3.8) is 0 Å². The summed E-state index contributed by atoms with van der Waals surface area (Å²) >= 11 is 0. The quantitative estimate of drug-likeness (QED) is 0.295. The maximum atomic E-state index is 13.9. The Labute approximate surface area is 236 Å². The molecule has 0 saturated heterocycles. The Bertz CT molecular complexity index is 1140. The molecule has 0 unspecified atom stereocenters. The van der Waals surface area contributed by atoms with Crippen molar-refractivity contribution in [2.24, 2.45) is 17.6 Å². The van der Waals surface area contributed by atoms with Crippen LogP contribution >= 0.6 is 0 Å². The van der Waals surface area contributed by atoms with Crippen molar-refractivity contribution >= 4 is 17.7 Å². The van der Waals surface area contributed by atoms with Crippen LogP contribution in [-0.4, -0.2) is 54.3 Å². The van der Waals surface area contributed by atoms with Crippen molar-refractivity contribution in [1.82, 2.24) is 15.5 Å². The average Bonchev–Trinajstić information content (AvgIpc) is 2.92. The number of halogens is 2. The molecule has 0 spiro atoms. The zero-order valence-corrected chi connectivity index (χ0v) is 24.3. The molecule has 0 saturated carbocycles. The molecule has 0 aliphatic heterocycles. The second-order valence-corrected chi connectivity index (χ2v) is 10.8. The topological polar surface area (TPSA) is 105 Å². The maximum Gasteiger partial charge on any atom is 0.253 e. The number of rotatable bonds is 15. The van der Waals surface area contributed by atoms with Crippen molar-refractivity contribution in [2.45, 2.75) is 72.4 Å². The Morgan fingerprint density at radius 2 is 1.57 bits per heavy atom. The van der Waals surface area contributed by atoms with E-state index >= 15 is 0 Å². The van der Waals surface area contributed by atoms with Gasteiger partial charge in [-0.25, -0.2) is 8.78 Å². The number of nitrogens with one attached hydrogen (secondary N) is 2. The summed E-state index contributed by atoms with van der Waals surface area (Å²) in [6, 6.07) is 8.71. The first-order valence-electron chi connectivity index (χ1n) is 14.1. The Morgan fingerprint density at radius 3 is 2.17 bits per heavy atom. The molecule has 3 amide bonds. The van der Waals surface area contributed by atoms with Crippen LogP contribution in [0.4, 0.5) is 8.78 Å². The molecule has 3 atom stereocenters. The normalized spacial score (nSPS) is 13.4. The number of carbonyl (C=O) groups is 3. The highest BCUT2D eigenvalue weighted by atomic mass is 19.2. The highest BCUT2D eigenvalue weighted by Crippen LogP contribution is 2.17. The molecule has 220 valence electrons. The Balaban J connectivity index is 2.26. The molecule has 4 N–H and O–H groups in total. The van der Waals surface area contributed by atoms with Gasteiger partial charge in [0, 0.05) is 48.8 Å². The minimum absolute atomic E-state index is 0.129. The number of hydrogen-bond donors (Lipinski definition) is 3. The van der Waals surface area contributed by atoms with E-state index in [1.165, 1.54) is 6.07 Å². The second-order valence-electron chi connectivity index (χ2n) is 10.8. The first-order valence-corrected chi connectivity index (χ1v) is 14.1. The standard InChI is InChI=1S/C31H44F2N4O3/c1-6-13-37(14-7-2)31(40)24-10-8-9-23(18-24)30(39)36-28(17-22-11-12-25(32)26(33)16-22)27(34)15-21(5)29(38)35-19-20(3)4/h8-12,16,18,20-21,27-28H,6-7,13-15,17,19,34H2,1-5H3,(H,35,38)(H,36,39)/t21-,27+,28+/m1/s1. The van der Waals surface area contributed by atoms with Crippen LogP contribution in [0.25, 0.3) is 0 Å². The Morgan fingerprint density at radius 1 is 0.925 bits per heavy atom. The maximum absolute atomic E-state index is 13.9. The van der Waals surface area contributed by atoms with Crippen LogP contribution in [0.2, 0.25) is 0 Å². The lowest BCUT2D eigenvalue weighted by Crippen LogP contribution is -2.50. The molecule has 0 radical (unpaired) electrons. The van der Waals surface area contributed by atoms with Crippen molar-refractivity contribution < 1.29 is 23.2 Å². The van der Waals surface area contributed by atoms with Crippen molar-refractivity contribution in [3.05, 3.63) is 70.8 Å². The summed E-state index contributed by atoms with van der Waals surface area (Å²) in [6.45, 7) is 11.6. The lowest BCUT2D eigenvalue weighted by Gasteiger charge is -2.27. The highest BCUT2D eigenvalue weighted by molar-refractivity contribution is 5.99. The molecule has 0 aliphatic carbocycles. The highest BCUT2D eigenvalue weighted by Gasteiger charge is 2.26. The third kappa shape index (κ3) is 10.0. The summed E-state index contributed by atoms with van der Waals surface area (Å²) in [5.41, 5.74) is 7.66. The van der Waals surface area contributed by atoms with Gasteiger partial charge in [0.1, 0.15) is 0 Å². The van der Waals surface area contributed by atoms with Crippen LogP contribution in [0, 0.1) is 23.5 Å². The predicted octanol–water partition coefficient (Wildman–Crippen LogP) is 4.69. The third-order valence-corrected chi connectivity index (χ3v) is 6.68. The molecule has 0 heterocycles. The molecule has 0 aliphatic rings. The van der Waals surface area contributed by atoms with Crippen LogP contribution in [0.15, 0.2) is 42.5 Å². The SMILES string of the molecule is CCCN(CCC)C(=O)c1cccc(C(=O)N[C@@H](Cc2ccc(F)c(F)c2)[C@@H](N)C[C@@H](C)C(=O)NCC(C)C)c1. The van der Waals surface area contributed by atoms with Crippen molar-refractivity contribution in [2.75, 3.05) is 19.6 Å². The second kappa shape index (κ2) is 16.1. The first kappa shape index (κ1) is 32.9. The summed E-state index contributed by atoms with van der Waals surface area (Å²) in [4.78, 5) is 40.8. The monoisotopic (exact) mass is 558 g/mol. The fourth-order valence-electron chi connectivity index (χ4n) is 4.47. The molecular formula is C31H44F2N4O3. The number of hydrogen-bond acceptors (Lipinski definition) is 4. The van der Waals surface area contributed by atoms with Gasteiger partial charge < -0.3 is 21.3 Å². The average molecular weight is 559 g/mol. The van der Waals surface area contributed by atoms with Gasteiger partial charge in [0.2, 0.25) is 5.91 Å². The Hall–Kier alpha value is -3.33. The van der Waals surface area contributed by atoms with Crippen LogP contribution < -0.4 is 16.4 Å².